The average Bonchev–Trinajstić information content (AvgIpc) is 3.05. The summed E-state index contributed by atoms with van der Waals surface area (Å²) in [5, 5.41) is 10.3. The lowest BCUT2D eigenvalue weighted by atomic mass is 10.4. The van der Waals surface area contributed by atoms with Gasteiger partial charge in [0.2, 0.25) is 5.91 Å². The van der Waals surface area contributed by atoms with Crippen LogP contribution in [-0.2, 0) is 24.1 Å². The van der Waals surface area contributed by atoms with Crippen molar-refractivity contribution < 1.29 is 18.0 Å². The summed E-state index contributed by atoms with van der Waals surface area (Å²) >= 11 is 3.44. The first-order chi connectivity index (χ1) is 11.2. The highest BCUT2D eigenvalue weighted by Gasteiger charge is 2.33. The monoisotopic (exact) mass is 407 g/mol. The van der Waals surface area contributed by atoms with Crippen LogP contribution in [0.3, 0.4) is 0 Å². The van der Waals surface area contributed by atoms with Gasteiger partial charge in [0, 0.05) is 25.0 Å². The van der Waals surface area contributed by atoms with Crippen molar-refractivity contribution in [2.24, 2.45) is 0 Å². The first-order valence-corrected chi connectivity index (χ1v) is 8.04. The highest BCUT2D eigenvalue weighted by Crippen LogP contribution is 2.27. The molecule has 1 amide bonds. The van der Waals surface area contributed by atoms with E-state index in [0.717, 1.165) is 32.8 Å². The van der Waals surface area contributed by atoms with Crippen molar-refractivity contribution in [2.75, 3.05) is 6.54 Å². The Morgan fingerprint density at radius 1 is 1.33 bits per heavy atom. The molecule has 0 spiro atoms. The Morgan fingerprint density at radius 2 is 2.04 bits per heavy atom. The van der Waals surface area contributed by atoms with Crippen LogP contribution in [0.1, 0.15) is 23.5 Å². The summed E-state index contributed by atoms with van der Waals surface area (Å²) < 4.78 is 41.0. The molecule has 0 unspecified atom stereocenters. The van der Waals surface area contributed by atoms with Gasteiger partial charge in [-0.25, -0.2) is 0 Å². The summed E-state index contributed by atoms with van der Waals surface area (Å²) in [6.45, 7) is 4.63. The number of carbonyl (C=O) groups excluding carboxylic acids is 1. The number of halogens is 4. The van der Waals surface area contributed by atoms with Gasteiger partial charge in [-0.3, -0.25) is 14.2 Å². The third-order valence-electron chi connectivity index (χ3n) is 3.40. The van der Waals surface area contributed by atoms with Gasteiger partial charge in [-0.15, -0.1) is 0 Å². The number of hydrogen-bond acceptors (Lipinski definition) is 3. The van der Waals surface area contributed by atoms with Gasteiger partial charge in [0.15, 0.2) is 5.69 Å². The number of rotatable bonds is 6. The zero-order valence-electron chi connectivity index (χ0n) is 13.2. The molecule has 1 N–H and O–H groups in total. The number of carbonyl (C=O) groups is 1. The fourth-order valence-corrected chi connectivity index (χ4v) is 2.44. The SMILES string of the molecule is Cc1nn(CCCNC(=O)Cn2ccc(C(F)(F)F)n2)c(C)c1Br. The lowest BCUT2D eigenvalue weighted by Gasteiger charge is -2.07. The molecule has 132 valence electrons. The molecule has 0 saturated carbocycles. The number of aryl methyl sites for hydroxylation is 2. The van der Waals surface area contributed by atoms with Gasteiger partial charge in [-0.2, -0.15) is 23.4 Å². The number of hydrogen-bond donors (Lipinski definition) is 1. The standard InChI is InChI=1S/C14H17BrF3N5O/c1-9-13(15)10(2)23(20-9)6-3-5-19-12(24)8-22-7-4-11(21-22)14(16,17)18/h4,7H,3,5-6,8H2,1-2H3,(H,19,24). The van der Waals surface area contributed by atoms with E-state index in [1.165, 1.54) is 0 Å². The smallest absolute Gasteiger partial charge is 0.354 e. The van der Waals surface area contributed by atoms with Crippen LogP contribution in [-0.4, -0.2) is 32.0 Å². The highest BCUT2D eigenvalue weighted by atomic mass is 79.9. The van der Waals surface area contributed by atoms with Gasteiger partial charge < -0.3 is 5.32 Å². The highest BCUT2D eigenvalue weighted by molar-refractivity contribution is 9.10. The molecule has 0 aliphatic rings. The zero-order valence-corrected chi connectivity index (χ0v) is 14.8. The maximum atomic E-state index is 12.4. The van der Waals surface area contributed by atoms with Crippen molar-refractivity contribution in [3.8, 4) is 0 Å². The molecule has 2 rings (SSSR count). The van der Waals surface area contributed by atoms with E-state index in [0.29, 0.717) is 19.5 Å². The summed E-state index contributed by atoms with van der Waals surface area (Å²) in [6, 6.07) is 0.841. The average molecular weight is 408 g/mol. The second-order valence-electron chi connectivity index (χ2n) is 5.31. The van der Waals surface area contributed by atoms with Crippen LogP contribution in [0.2, 0.25) is 0 Å². The van der Waals surface area contributed by atoms with Gasteiger partial charge in [-0.1, -0.05) is 0 Å². The number of nitrogens with one attached hydrogen (secondary N) is 1. The fourth-order valence-electron chi connectivity index (χ4n) is 2.15. The molecule has 24 heavy (non-hydrogen) atoms. The van der Waals surface area contributed by atoms with E-state index in [4.69, 9.17) is 0 Å². The zero-order chi connectivity index (χ0) is 17.9. The van der Waals surface area contributed by atoms with E-state index in [-0.39, 0.29) is 12.5 Å². The van der Waals surface area contributed by atoms with E-state index in [9.17, 15) is 18.0 Å². The first kappa shape index (κ1) is 18.5. The van der Waals surface area contributed by atoms with Crippen LogP contribution < -0.4 is 5.32 Å². The van der Waals surface area contributed by atoms with Crippen molar-refractivity contribution in [1.29, 1.82) is 0 Å². The lowest BCUT2D eigenvalue weighted by Crippen LogP contribution is -2.29. The van der Waals surface area contributed by atoms with E-state index in [1.54, 1.807) is 0 Å². The minimum absolute atomic E-state index is 0.248. The molecule has 0 aromatic carbocycles. The predicted molar refractivity (Wildman–Crippen MR) is 84.3 cm³/mol. The number of amides is 1. The van der Waals surface area contributed by atoms with Gasteiger partial charge in [0.25, 0.3) is 0 Å². The van der Waals surface area contributed by atoms with Crippen molar-refractivity contribution in [1.82, 2.24) is 24.9 Å². The van der Waals surface area contributed by atoms with Crippen LogP contribution >= 0.6 is 15.9 Å². The van der Waals surface area contributed by atoms with Crippen molar-refractivity contribution in [2.45, 2.75) is 39.5 Å². The Labute approximate surface area is 145 Å². The molecular weight excluding hydrogens is 391 g/mol. The maximum Gasteiger partial charge on any atom is 0.435 e. The van der Waals surface area contributed by atoms with Crippen LogP contribution in [0.15, 0.2) is 16.7 Å². The second kappa shape index (κ2) is 7.37. The lowest BCUT2D eigenvalue weighted by molar-refractivity contribution is -0.141. The fraction of sp³-hybridized carbons (Fsp3) is 0.500. The Balaban J connectivity index is 1.75. The third-order valence-corrected chi connectivity index (χ3v) is 4.55. The molecule has 10 heteroatoms. The van der Waals surface area contributed by atoms with E-state index >= 15 is 0 Å². The second-order valence-corrected chi connectivity index (χ2v) is 6.10. The van der Waals surface area contributed by atoms with Gasteiger partial charge in [0.1, 0.15) is 6.54 Å². The van der Waals surface area contributed by atoms with E-state index in [1.807, 2.05) is 18.5 Å². The van der Waals surface area contributed by atoms with Gasteiger partial charge in [-0.05, 0) is 42.3 Å². The molecule has 2 heterocycles. The Hall–Kier alpha value is -1.84. The summed E-state index contributed by atoms with van der Waals surface area (Å²) in [5.74, 6) is -0.388. The molecule has 0 fully saturated rings. The molecular formula is C14H17BrF3N5O. The number of aromatic nitrogens is 4. The minimum Gasteiger partial charge on any atom is -0.354 e. The van der Waals surface area contributed by atoms with Gasteiger partial charge in [0.05, 0.1) is 10.2 Å². The Kier molecular flexibility index (Phi) is 5.68. The Bertz CT molecular complexity index is 723. The number of nitrogens with zero attached hydrogens (tertiary/aromatic N) is 4. The molecule has 2 aromatic rings. The summed E-state index contributed by atoms with van der Waals surface area (Å²) in [7, 11) is 0. The minimum atomic E-state index is -4.50. The van der Waals surface area contributed by atoms with Crippen LogP contribution in [0, 0.1) is 13.8 Å². The molecule has 0 bridgehead atoms. The predicted octanol–water partition coefficient (Wildman–Crippen LogP) is 2.68. The maximum absolute atomic E-state index is 12.4. The molecule has 0 atom stereocenters. The van der Waals surface area contributed by atoms with Crippen molar-refractivity contribution in [3.05, 3.63) is 33.8 Å². The molecule has 0 aliphatic heterocycles. The normalized spacial score (nSPS) is 11.8. The van der Waals surface area contributed by atoms with Crippen molar-refractivity contribution in [3.63, 3.8) is 0 Å². The topological polar surface area (TPSA) is 64.7 Å². The molecule has 0 radical (unpaired) electrons. The van der Waals surface area contributed by atoms with Crippen LogP contribution in [0.25, 0.3) is 0 Å². The molecule has 6 nitrogen and oxygen atoms in total. The Morgan fingerprint density at radius 3 is 2.58 bits per heavy atom. The molecule has 0 saturated heterocycles. The van der Waals surface area contributed by atoms with Gasteiger partial charge >= 0.3 is 6.18 Å². The quantitative estimate of drug-likeness (QED) is 0.748. The third kappa shape index (κ3) is 4.59. The summed E-state index contributed by atoms with van der Waals surface area (Å²) in [5.41, 5.74) is 0.899. The van der Waals surface area contributed by atoms with Crippen molar-refractivity contribution >= 4 is 21.8 Å². The summed E-state index contributed by atoms with van der Waals surface area (Å²) in [4.78, 5) is 11.7. The van der Waals surface area contributed by atoms with E-state index < -0.39 is 11.9 Å². The first-order valence-electron chi connectivity index (χ1n) is 7.25. The molecule has 0 aliphatic carbocycles. The van der Waals surface area contributed by atoms with E-state index in [2.05, 4.69) is 31.4 Å². The molecule has 2 aromatic heterocycles. The van der Waals surface area contributed by atoms with Crippen LogP contribution in [0.5, 0.6) is 0 Å². The largest absolute Gasteiger partial charge is 0.435 e. The van der Waals surface area contributed by atoms with Crippen LogP contribution in [0.4, 0.5) is 13.2 Å². The number of alkyl halides is 3. The summed E-state index contributed by atoms with van der Waals surface area (Å²) in [6.07, 6.45) is -2.71.